The van der Waals surface area contributed by atoms with Gasteiger partial charge in [0.05, 0.1) is 11.5 Å². The molecule has 3 aromatic rings. The lowest BCUT2D eigenvalue weighted by atomic mass is 9.83. The summed E-state index contributed by atoms with van der Waals surface area (Å²) in [4.78, 5) is 12.3. The zero-order valence-corrected chi connectivity index (χ0v) is 16.5. The summed E-state index contributed by atoms with van der Waals surface area (Å²) in [6, 6.07) is 15.5. The molecule has 0 amide bonds. The molecule has 0 fully saturated rings. The highest BCUT2D eigenvalue weighted by Crippen LogP contribution is 2.46. The molecule has 1 aliphatic rings. The fourth-order valence-corrected chi connectivity index (χ4v) is 3.61. The molecular weight excluding hydrogens is 426 g/mol. The third-order valence-electron chi connectivity index (χ3n) is 4.77. The van der Waals surface area contributed by atoms with Crippen LogP contribution in [0.15, 0.2) is 72.1 Å². The van der Waals surface area contributed by atoms with Crippen molar-refractivity contribution in [1.29, 1.82) is 5.26 Å². The number of hydrogen-bond acceptors (Lipinski definition) is 5. The Kier molecular flexibility index (Phi) is 5.32. The van der Waals surface area contributed by atoms with Gasteiger partial charge in [0.15, 0.2) is 0 Å². The minimum Gasteiger partial charge on any atom is -0.440 e. The second-order valence-electron chi connectivity index (χ2n) is 6.66. The van der Waals surface area contributed by atoms with Crippen LogP contribution < -0.4 is 15.2 Å². The Labute approximate surface area is 180 Å². The van der Waals surface area contributed by atoms with Gasteiger partial charge in [0.1, 0.15) is 34.8 Å². The first-order chi connectivity index (χ1) is 14.9. The van der Waals surface area contributed by atoms with E-state index >= 15 is 0 Å². The first-order valence-corrected chi connectivity index (χ1v) is 9.40. The van der Waals surface area contributed by atoms with Crippen LogP contribution in [0.25, 0.3) is 0 Å². The zero-order chi connectivity index (χ0) is 22.1. The highest BCUT2D eigenvalue weighted by molar-refractivity contribution is 6.31. The van der Waals surface area contributed by atoms with Gasteiger partial charge in [0, 0.05) is 22.2 Å². The monoisotopic (exact) mass is 438 g/mol. The van der Waals surface area contributed by atoms with Gasteiger partial charge in [-0.3, -0.25) is 0 Å². The second kappa shape index (κ2) is 8.09. The zero-order valence-electron chi connectivity index (χ0n) is 15.7. The van der Waals surface area contributed by atoms with Crippen LogP contribution in [-0.2, 0) is 0 Å². The Morgan fingerprint density at radius 2 is 1.87 bits per heavy atom. The van der Waals surface area contributed by atoms with E-state index in [1.54, 1.807) is 6.07 Å². The first-order valence-electron chi connectivity index (χ1n) is 9.02. The third-order valence-corrected chi connectivity index (χ3v) is 5.10. The Morgan fingerprint density at radius 1 is 1.13 bits per heavy atom. The smallest absolute Gasteiger partial charge is 0.343 e. The van der Waals surface area contributed by atoms with Gasteiger partial charge < -0.3 is 15.2 Å². The molecule has 8 heteroatoms. The molecule has 0 spiro atoms. The molecule has 0 aliphatic carbocycles. The highest BCUT2D eigenvalue weighted by atomic mass is 35.5. The average molecular weight is 439 g/mol. The van der Waals surface area contributed by atoms with E-state index in [2.05, 4.69) is 0 Å². The summed E-state index contributed by atoms with van der Waals surface area (Å²) in [5.74, 6) is -2.58. The molecule has 2 N–H and O–H groups in total. The molecule has 0 bridgehead atoms. The normalized spacial score (nSPS) is 15.0. The molecule has 5 nitrogen and oxygen atoms in total. The van der Waals surface area contributed by atoms with Gasteiger partial charge in [-0.05, 0) is 42.5 Å². The molecule has 4 rings (SSSR count). The predicted octanol–water partition coefficient (Wildman–Crippen LogP) is 5.06. The standard InChI is InChI=1S/C23H13ClF2N2O3/c24-17-2-1-3-18(26)21(17)20-15-9-8-14(10-19(15)31-22(28)16(20)11-27)30-23(29)12-4-6-13(25)7-5-12/h1-10,20H,28H2/t20-/m1/s1. The predicted molar refractivity (Wildman–Crippen MR) is 109 cm³/mol. The third kappa shape index (κ3) is 3.81. The molecule has 1 aliphatic heterocycles. The van der Waals surface area contributed by atoms with Crippen molar-refractivity contribution in [2.45, 2.75) is 5.92 Å². The van der Waals surface area contributed by atoms with Crippen molar-refractivity contribution in [2.75, 3.05) is 0 Å². The lowest BCUT2D eigenvalue weighted by Gasteiger charge is -2.27. The van der Waals surface area contributed by atoms with E-state index < -0.39 is 23.5 Å². The number of nitrogens with two attached hydrogens (primary N) is 1. The summed E-state index contributed by atoms with van der Waals surface area (Å²) in [6.45, 7) is 0. The maximum Gasteiger partial charge on any atom is 0.343 e. The van der Waals surface area contributed by atoms with Crippen LogP contribution in [0.1, 0.15) is 27.4 Å². The van der Waals surface area contributed by atoms with Crippen LogP contribution in [0.4, 0.5) is 8.78 Å². The number of hydrogen-bond donors (Lipinski definition) is 1. The molecule has 3 aromatic carbocycles. The largest absolute Gasteiger partial charge is 0.440 e. The average Bonchev–Trinajstić information content (AvgIpc) is 2.73. The number of benzene rings is 3. The Hall–Kier alpha value is -3.89. The van der Waals surface area contributed by atoms with Crippen molar-refractivity contribution in [1.82, 2.24) is 0 Å². The van der Waals surface area contributed by atoms with E-state index in [4.69, 9.17) is 26.8 Å². The Bertz CT molecular complexity index is 1250. The van der Waals surface area contributed by atoms with Gasteiger partial charge in [-0.15, -0.1) is 0 Å². The number of carbonyl (C=O) groups is 1. The number of carbonyl (C=O) groups excluding carboxylic acids is 1. The molecule has 0 aromatic heterocycles. The minimum atomic E-state index is -0.899. The van der Waals surface area contributed by atoms with E-state index in [1.807, 2.05) is 6.07 Å². The van der Waals surface area contributed by atoms with Gasteiger partial charge in [0.2, 0.25) is 5.88 Å². The Morgan fingerprint density at radius 3 is 2.55 bits per heavy atom. The minimum absolute atomic E-state index is 0.00977. The van der Waals surface area contributed by atoms with E-state index in [9.17, 15) is 18.8 Å². The molecule has 31 heavy (non-hydrogen) atoms. The Balaban J connectivity index is 1.73. The van der Waals surface area contributed by atoms with Crippen LogP contribution in [0.5, 0.6) is 11.5 Å². The maximum absolute atomic E-state index is 14.6. The summed E-state index contributed by atoms with van der Waals surface area (Å²) >= 11 is 6.23. The van der Waals surface area contributed by atoms with Crippen LogP contribution in [0.2, 0.25) is 5.02 Å². The number of allylic oxidation sites excluding steroid dienone is 1. The van der Waals surface area contributed by atoms with Crippen molar-refractivity contribution in [3.8, 4) is 17.6 Å². The van der Waals surface area contributed by atoms with E-state index in [-0.39, 0.29) is 39.1 Å². The van der Waals surface area contributed by atoms with Crippen LogP contribution >= 0.6 is 11.6 Å². The van der Waals surface area contributed by atoms with Crippen molar-refractivity contribution in [3.05, 3.63) is 105 Å². The molecule has 154 valence electrons. The summed E-state index contributed by atoms with van der Waals surface area (Å²) in [7, 11) is 0. The topological polar surface area (TPSA) is 85.3 Å². The first kappa shape index (κ1) is 20.4. The molecule has 0 saturated carbocycles. The molecule has 1 heterocycles. The summed E-state index contributed by atoms with van der Waals surface area (Å²) in [5, 5.41) is 9.72. The molecule has 0 unspecified atom stereocenters. The number of ether oxygens (including phenoxy) is 2. The highest BCUT2D eigenvalue weighted by Gasteiger charge is 2.34. The lowest BCUT2D eigenvalue weighted by molar-refractivity contribution is 0.0734. The lowest BCUT2D eigenvalue weighted by Crippen LogP contribution is -2.22. The molecule has 0 radical (unpaired) electrons. The quantitative estimate of drug-likeness (QED) is 0.456. The van der Waals surface area contributed by atoms with Crippen molar-refractivity contribution in [2.24, 2.45) is 5.73 Å². The fraction of sp³-hybridized carbons (Fsp3) is 0.0435. The van der Waals surface area contributed by atoms with Gasteiger partial charge in [-0.1, -0.05) is 23.7 Å². The van der Waals surface area contributed by atoms with E-state index in [0.29, 0.717) is 5.56 Å². The fourth-order valence-electron chi connectivity index (χ4n) is 3.33. The second-order valence-corrected chi connectivity index (χ2v) is 7.06. The van der Waals surface area contributed by atoms with Crippen molar-refractivity contribution in [3.63, 3.8) is 0 Å². The van der Waals surface area contributed by atoms with Crippen LogP contribution in [0.3, 0.4) is 0 Å². The number of rotatable bonds is 3. The van der Waals surface area contributed by atoms with E-state index in [0.717, 1.165) is 12.1 Å². The number of nitrogens with zero attached hydrogens (tertiary/aromatic N) is 1. The van der Waals surface area contributed by atoms with Crippen LogP contribution in [0, 0.1) is 23.0 Å². The number of fused-ring (bicyclic) bond motifs is 1. The van der Waals surface area contributed by atoms with Gasteiger partial charge in [0.25, 0.3) is 0 Å². The van der Waals surface area contributed by atoms with Crippen molar-refractivity contribution < 1.29 is 23.0 Å². The molecule has 1 atom stereocenters. The maximum atomic E-state index is 14.6. The van der Waals surface area contributed by atoms with Crippen molar-refractivity contribution >= 4 is 17.6 Å². The van der Waals surface area contributed by atoms with Gasteiger partial charge >= 0.3 is 5.97 Å². The summed E-state index contributed by atoms with van der Waals surface area (Å²) in [6.07, 6.45) is 0. The molecular formula is C23H13ClF2N2O3. The summed E-state index contributed by atoms with van der Waals surface area (Å²) < 4.78 is 38.6. The molecule has 0 saturated heterocycles. The van der Waals surface area contributed by atoms with Gasteiger partial charge in [-0.25, -0.2) is 13.6 Å². The van der Waals surface area contributed by atoms with Crippen LogP contribution in [-0.4, -0.2) is 5.97 Å². The number of halogens is 3. The van der Waals surface area contributed by atoms with Gasteiger partial charge in [-0.2, -0.15) is 5.26 Å². The number of nitriles is 1. The van der Waals surface area contributed by atoms with E-state index in [1.165, 1.54) is 42.5 Å². The SMILES string of the molecule is N#CC1=C(N)Oc2cc(OC(=O)c3ccc(F)cc3)ccc2[C@H]1c1c(F)cccc1Cl. The summed E-state index contributed by atoms with van der Waals surface area (Å²) in [5.41, 5.74) is 6.60. The number of esters is 1.